The van der Waals surface area contributed by atoms with Crippen LogP contribution in [0.15, 0.2) is 91.0 Å². The minimum Gasteiger partial charge on any atom is -0.508 e. The van der Waals surface area contributed by atoms with Crippen molar-refractivity contribution in [1.82, 2.24) is 10.2 Å². The van der Waals surface area contributed by atoms with Gasteiger partial charge in [-0.2, -0.15) is 0 Å². The molecule has 0 aromatic heterocycles. The smallest absolute Gasteiger partial charge is 0.408 e. The van der Waals surface area contributed by atoms with E-state index >= 15 is 0 Å². The highest BCUT2D eigenvalue weighted by Gasteiger charge is 2.36. The highest BCUT2D eigenvalue weighted by Crippen LogP contribution is 2.28. The van der Waals surface area contributed by atoms with Crippen molar-refractivity contribution in [3.05, 3.63) is 108 Å². The number of unbranched alkanes of at least 4 members (excludes halogenated alkanes) is 3. The van der Waals surface area contributed by atoms with Gasteiger partial charge in [0.15, 0.2) is 0 Å². The topological polar surface area (TPSA) is 108 Å². The maximum absolute atomic E-state index is 14.8. The van der Waals surface area contributed by atoms with E-state index in [4.69, 9.17) is 4.74 Å². The average molecular weight is 652 g/mol. The quantitative estimate of drug-likeness (QED) is 0.119. The number of aromatic hydroxyl groups is 1. The molecule has 0 bridgehead atoms. The molecule has 2 unspecified atom stereocenters. The molecule has 0 saturated carbocycles. The molecule has 2 atom stereocenters. The van der Waals surface area contributed by atoms with Crippen molar-refractivity contribution in [1.29, 1.82) is 0 Å². The Kier molecular flexibility index (Phi) is 12.6. The van der Waals surface area contributed by atoms with Gasteiger partial charge in [0.05, 0.1) is 0 Å². The lowest BCUT2D eigenvalue weighted by Gasteiger charge is -2.35. The SMILES string of the molecule is CCCCCCN(C(=O)C(Cc1ccc(O)cc1)NC(=O)OC(C)(C)C)C(C(=O)Nc1ccc2ccccc2c1)c1ccc(CC)cc1. The number of benzene rings is 4. The zero-order valence-corrected chi connectivity index (χ0v) is 28.8. The maximum atomic E-state index is 14.8. The predicted molar refractivity (Wildman–Crippen MR) is 192 cm³/mol. The van der Waals surface area contributed by atoms with Gasteiger partial charge < -0.3 is 25.4 Å². The van der Waals surface area contributed by atoms with Gasteiger partial charge in [-0.05, 0) is 85.3 Å². The van der Waals surface area contributed by atoms with E-state index in [-0.39, 0.29) is 18.1 Å². The van der Waals surface area contributed by atoms with Gasteiger partial charge >= 0.3 is 6.09 Å². The molecule has 0 heterocycles. The number of alkyl carbamates (subject to hydrolysis) is 1. The Balaban J connectivity index is 1.76. The van der Waals surface area contributed by atoms with Crippen LogP contribution in [0.25, 0.3) is 10.8 Å². The zero-order valence-electron chi connectivity index (χ0n) is 28.8. The molecule has 0 saturated heterocycles. The summed E-state index contributed by atoms with van der Waals surface area (Å²) in [6.45, 7) is 9.78. The molecule has 0 spiro atoms. The van der Waals surface area contributed by atoms with Crippen LogP contribution in [-0.4, -0.2) is 46.1 Å². The Morgan fingerprint density at radius 1 is 0.812 bits per heavy atom. The third-order valence-electron chi connectivity index (χ3n) is 8.18. The molecular formula is C40H49N3O5. The Hall–Kier alpha value is -4.85. The van der Waals surface area contributed by atoms with Gasteiger partial charge in [-0.1, -0.05) is 99.8 Å². The van der Waals surface area contributed by atoms with Crippen LogP contribution in [-0.2, 0) is 27.2 Å². The first-order valence-electron chi connectivity index (χ1n) is 16.9. The van der Waals surface area contributed by atoms with Crippen molar-refractivity contribution in [2.24, 2.45) is 0 Å². The number of carbonyl (C=O) groups is 3. The largest absolute Gasteiger partial charge is 0.508 e. The number of phenolic OH excluding ortho intramolecular Hbond substituents is 1. The second-order valence-electron chi connectivity index (χ2n) is 13.2. The van der Waals surface area contributed by atoms with Gasteiger partial charge in [0.2, 0.25) is 5.91 Å². The third-order valence-corrected chi connectivity index (χ3v) is 8.18. The van der Waals surface area contributed by atoms with Crippen molar-refractivity contribution in [2.45, 2.75) is 90.8 Å². The first kappa shape index (κ1) is 36.0. The summed E-state index contributed by atoms with van der Waals surface area (Å²) >= 11 is 0. The molecule has 254 valence electrons. The van der Waals surface area contributed by atoms with Crippen LogP contribution in [0.5, 0.6) is 5.75 Å². The molecule has 0 aliphatic heterocycles. The lowest BCUT2D eigenvalue weighted by molar-refractivity contribution is -0.140. The summed E-state index contributed by atoms with van der Waals surface area (Å²) in [7, 11) is 0. The fourth-order valence-corrected chi connectivity index (χ4v) is 5.68. The summed E-state index contributed by atoms with van der Waals surface area (Å²) in [5.74, 6) is -0.650. The fourth-order valence-electron chi connectivity index (χ4n) is 5.68. The van der Waals surface area contributed by atoms with Crippen molar-refractivity contribution < 1.29 is 24.2 Å². The van der Waals surface area contributed by atoms with Gasteiger partial charge in [-0.25, -0.2) is 4.79 Å². The summed E-state index contributed by atoms with van der Waals surface area (Å²) < 4.78 is 5.56. The van der Waals surface area contributed by atoms with Crippen molar-refractivity contribution >= 4 is 34.4 Å². The number of hydrogen-bond acceptors (Lipinski definition) is 5. The molecule has 48 heavy (non-hydrogen) atoms. The molecule has 8 nitrogen and oxygen atoms in total. The van der Waals surface area contributed by atoms with Crippen LogP contribution in [0, 0.1) is 0 Å². The third kappa shape index (κ3) is 10.3. The summed E-state index contributed by atoms with van der Waals surface area (Å²) in [6.07, 6.45) is 3.83. The van der Waals surface area contributed by atoms with Crippen molar-refractivity contribution in [3.63, 3.8) is 0 Å². The van der Waals surface area contributed by atoms with Crippen molar-refractivity contribution in [2.75, 3.05) is 11.9 Å². The Bertz CT molecular complexity index is 1660. The Labute approximate surface area is 284 Å². The number of rotatable bonds is 14. The molecule has 4 aromatic carbocycles. The summed E-state index contributed by atoms with van der Waals surface area (Å²) in [6, 6.07) is 26.0. The lowest BCUT2D eigenvalue weighted by Crippen LogP contribution is -2.53. The number of amides is 3. The standard InChI is InChI=1S/C40H49N3O5/c1-6-8-9-12-25-43(38(46)35(42-39(47)48-40(3,4)5)26-29-17-23-34(44)24-18-29)36(31-19-15-28(7-2)16-20-31)37(45)41-33-22-21-30-13-10-11-14-32(30)27-33/h10-11,13-24,27,35-36,44H,6-9,12,25-26H2,1-5H3,(H,41,45)(H,42,47). The number of nitrogens with zero attached hydrogens (tertiary/aromatic N) is 1. The van der Waals surface area contributed by atoms with Gasteiger partial charge in [0.25, 0.3) is 5.91 Å². The lowest BCUT2D eigenvalue weighted by atomic mass is 9.98. The highest BCUT2D eigenvalue weighted by atomic mass is 16.6. The molecule has 3 amide bonds. The minimum atomic E-state index is -1.04. The second-order valence-corrected chi connectivity index (χ2v) is 13.2. The summed E-state index contributed by atoms with van der Waals surface area (Å²) in [5.41, 5.74) is 2.37. The maximum Gasteiger partial charge on any atom is 0.408 e. The van der Waals surface area contributed by atoms with Gasteiger partial charge in [0, 0.05) is 18.7 Å². The van der Waals surface area contributed by atoms with E-state index < -0.39 is 29.7 Å². The van der Waals surface area contributed by atoms with E-state index in [9.17, 15) is 19.5 Å². The normalized spacial score (nSPS) is 12.6. The number of ether oxygens (including phenoxy) is 1. The van der Waals surface area contributed by atoms with Crippen LogP contribution in [0.2, 0.25) is 0 Å². The summed E-state index contributed by atoms with van der Waals surface area (Å²) in [5, 5.41) is 17.8. The van der Waals surface area contributed by atoms with Gasteiger partial charge in [-0.3, -0.25) is 9.59 Å². The minimum absolute atomic E-state index is 0.0974. The van der Waals surface area contributed by atoms with E-state index in [1.54, 1.807) is 49.9 Å². The zero-order chi connectivity index (χ0) is 34.7. The number of anilines is 1. The Morgan fingerprint density at radius 2 is 1.48 bits per heavy atom. The van der Waals surface area contributed by atoms with Gasteiger partial charge in [0.1, 0.15) is 23.4 Å². The number of hydrogen-bond donors (Lipinski definition) is 3. The van der Waals surface area contributed by atoms with Crippen LogP contribution >= 0.6 is 0 Å². The van der Waals surface area contributed by atoms with E-state index in [0.29, 0.717) is 24.2 Å². The molecular weight excluding hydrogens is 602 g/mol. The fraction of sp³-hybridized carbons (Fsp3) is 0.375. The first-order valence-corrected chi connectivity index (χ1v) is 16.9. The van der Waals surface area contributed by atoms with E-state index in [1.165, 1.54) is 0 Å². The van der Waals surface area contributed by atoms with E-state index in [1.807, 2.05) is 66.7 Å². The molecule has 0 radical (unpaired) electrons. The van der Waals surface area contributed by atoms with Gasteiger partial charge in [-0.15, -0.1) is 0 Å². The van der Waals surface area contributed by atoms with Crippen molar-refractivity contribution in [3.8, 4) is 5.75 Å². The molecule has 4 rings (SSSR count). The number of phenols is 1. The molecule has 8 heteroatoms. The molecule has 0 aliphatic rings. The molecule has 0 fully saturated rings. The van der Waals surface area contributed by atoms with Crippen LogP contribution < -0.4 is 10.6 Å². The predicted octanol–water partition coefficient (Wildman–Crippen LogP) is 8.33. The van der Waals surface area contributed by atoms with Crippen LogP contribution in [0.1, 0.15) is 83.0 Å². The number of fused-ring (bicyclic) bond motifs is 1. The number of carbonyl (C=O) groups excluding carboxylic acids is 3. The molecule has 3 N–H and O–H groups in total. The number of nitrogens with one attached hydrogen (secondary N) is 2. The van der Waals surface area contributed by atoms with Crippen LogP contribution in [0.3, 0.4) is 0 Å². The first-order chi connectivity index (χ1) is 23.0. The van der Waals surface area contributed by atoms with E-state index in [0.717, 1.165) is 47.6 Å². The summed E-state index contributed by atoms with van der Waals surface area (Å²) in [4.78, 5) is 43.9. The second kappa shape index (κ2) is 16.8. The Morgan fingerprint density at radius 3 is 2.12 bits per heavy atom. The molecule has 0 aliphatic carbocycles. The highest BCUT2D eigenvalue weighted by molar-refractivity contribution is 6.00. The number of aryl methyl sites for hydroxylation is 1. The average Bonchev–Trinajstić information content (AvgIpc) is 3.05. The van der Waals surface area contributed by atoms with E-state index in [2.05, 4.69) is 24.5 Å². The monoisotopic (exact) mass is 651 g/mol. The molecule has 4 aromatic rings. The van der Waals surface area contributed by atoms with Crippen LogP contribution in [0.4, 0.5) is 10.5 Å².